The van der Waals surface area contributed by atoms with Gasteiger partial charge in [0.2, 0.25) is 5.91 Å². The van der Waals surface area contributed by atoms with E-state index in [0.29, 0.717) is 12.5 Å². The van der Waals surface area contributed by atoms with Crippen LogP contribution in [0.2, 0.25) is 0 Å². The van der Waals surface area contributed by atoms with E-state index in [2.05, 4.69) is 17.6 Å². The van der Waals surface area contributed by atoms with Gasteiger partial charge < -0.3 is 10.6 Å². The molecule has 0 radical (unpaired) electrons. The van der Waals surface area contributed by atoms with Gasteiger partial charge in [0, 0.05) is 25.6 Å². The molecule has 0 saturated heterocycles. The largest absolute Gasteiger partial charge is 0.356 e. The monoisotopic (exact) mass is 212 g/mol. The molecule has 0 aromatic rings. The molecule has 1 aliphatic rings. The van der Waals surface area contributed by atoms with Crippen LogP contribution in [0.5, 0.6) is 0 Å². The number of rotatable bonds is 8. The van der Waals surface area contributed by atoms with Crippen molar-refractivity contribution in [3.63, 3.8) is 0 Å². The topological polar surface area (TPSA) is 41.1 Å². The Hall–Kier alpha value is -0.570. The Labute approximate surface area is 93.0 Å². The fourth-order valence-electron chi connectivity index (χ4n) is 1.83. The van der Waals surface area contributed by atoms with E-state index in [-0.39, 0.29) is 5.91 Å². The molecule has 1 rings (SSSR count). The molecule has 1 unspecified atom stereocenters. The van der Waals surface area contributed by atoms with Crippen LogP contribution >= 0.6 is 0 Å². The van der Waals surface area contributed by atoms with E-state index >= 15 is 0 Å². The summed E-state index contributed by atoms with van der Waals surface area (Å²) in [6, 6.07) is 0.618. The van der Waals surface area contributed by atoms with Gasteiger partial charge in [-0.05, 0) is 25.7 Å². The van der Waals surface area contributed by atoms with E-state index < -0.39 is 0 Å². The fourth-order valence-corrected chi connectivity index (χ4v) is 1.83. The zero-order valence-corrected chi connectivity index (χ0v) is 10.0. The van der Waals surface area contributed by atoms with Gasteiger partial charge in [-0.15, -0.1) is 0 Å². The van der Waals surface area contributed by atoms with Gasteiger partial charge in [0.25, 0.3) is 0 Å². The second kappa shape index (κ2) is 6.83. The minimum atomic E-state index is 0.159. The maximum atomic E-state index is 11.2. The summed E-state index contributed by atoms with van der Waals surface area (Å²) < 4.78 is 0. The van der Waals surface area contributed by atoms with E-state index in [0.717, 1.165) is 19.0 Å². The number of nitrogens with one attached hydrogen (secondary N) is 2. The second-order valence-electron chi connectivity index (χ2n) is 4.44. The number of carbonyl (C=O) groups excluding carboxylic acids is 1. The quantitative estimate of drug-likeness (QED) is 0.643. The molecule has 2 N–H and O–H groups in total. The summed E-state index contributed by atoms with van der Waals surface area (Å²) in [6.45, 7) is 5.72. The first-order valence-electron chi connectivity index (χ1n) is 6.26. The van der Waals surface area contributed by atoms with Crippen LogP contribution in [0.1, 0.15) is 46.0 Å². The summed E-state index contributed by atoms with van der Waals surface area (Å²) in [5, 5.41) is 6.28. The number of carbonyl (C=O) groups is 1. The Morgan fingerprint density at radius 3 is 2.67 bits per heavy atom. The van der Waals surface area contributed by atoms with E-state index in [4.69, 9.17) is 0 Å². The predicted octanol–water partition coefficient (Wildman–Crippen LogP) is 1.68. The molecule has 0 aromatic heterocycles. The lowest BCUT2D eigenvalue weighted by Crippen LogP contribution is -2.33. The van der Waals surface area contributed by atoms with Crippen molar-refractivity contribution >= 4 is 5.91 Å². The smallest absolute Gasteiger partial charge is 0.221 e. The molecule has 0 aliphatic heterocycles. The molecule has 1 aliphatic carbocycles. The highest BCUT2D eigenvalue weighted by atomic mass is 16.1. The van der Waals surface area contributed by atoms with Crippen molar-refractivity contribution in [3.05, 3.63) is 0 Å². The van der Waals surface area contributed by atoms with Crippen LogP contribution in [-0.4, -0.2) is 25.0 Å². The molecule has 0 bridgehead atoms. The summed E-state index contributed by atoms with van der Waals surface area (Å²) in [6.07, 6.45) is 5.90. The Bertz CT molecular complexity index is 190. The number of hydrogen-bond donors (Lipinski definition) is 2. The van der Waals surface area contributed by atoms with E-state index in [9.17, 15) is 4.79 Å². The Kier molecular flexibility index (Phi) is 5.69. The molecular formula is C12H24N2O. The predicted molar refractivity (Wildman–Crippen MR) is 62.7 cm³/mol. The summed E-state index contributed by atoms with van der Waals surface area (Å²) in [4.78, 5) is 11.2. The zero-order valence-electron chi connectivity index (χ0n) is 10.0. The van der Waals surface area contributed by atoms with Gasteiger partial charge in [0.05, 0.1) is 0 Å². The zero-order chi connectivity index (χ0) is 11.1. The van der Waals surface area contributed by atoms with Crippen LogP contribution in [0.4, 0.5) is 0 Å². The third-order valence-corrected chi connectivity index (χ3v) is 2.97. The van der Waals surface area contributed by atoms with Crippen LogP contribution < -0.4 is 10.6 Å². The van der Waals surface area contributed by atoms with Crippen molar-refractivity contribution in [2.45, 2.75) is 52.0 Å². The first kappa shape index (κ1) is 12.5. The molecular weight excluding hydrogens is 188 g/mol. The highest BCUT2D eigenvalue weighted by Gasteiger charge is 2.24. The van der Waals surface area contributed by atoms with Gasteiger partial charge in [-0.1, -0.05) is 19.8 Å². The van der Waals surface area contributed by atoms with Gasteiger partial charge in [-0.3, -0.25) is 4.79 Å². The van der Waals surface area contributed by atoms with Crippen LogP contribution in [0.15, 0.2) is 0 Å². The van der Waals surface area contributed by atoms with Crippen LogP contribution in [0.3, 0.4) is 0 Å². The van der Waals surface area contributed by atoms with Crippen molar-refractivity contribution in [3.8, 4) is 0 Å². The third-order valence-electron chi connectivity index (χ3n) is 2.97. The summed E-state index contributed by atoms with van der Waals surface area (Å²) in [5.41, 5.74) is 0. The second-order valence-corrected chi connectivity index (χ2v) is 4.44. The molecule has 3 heteroatoms. The van der Waals surface area contributed by atoms with Crippen molar-refractivity contribution in [2.75, 3.05) is 13.1 Å². The lowest BCUT2D eigenvalue weighted by atomic mass is 10.1. The highest BCUT2D eigenvalue weighted by molar-refractivity contribution is 5.75. The molecule has 0 heterocycles. The minimum Gasteiger partial charge on any atom is -0.356 e. The van der Waals surface area contributed by atoms with Gasteiger partial charge in [-0.2, -0.15) is 0 Å². The molecule has 15 heavy (non-hydrogen) atoms. The standard InChI is InChI=1S/C12H24N2O/c1-3-11(9-10-5-6-10)14-8-7-12(15)13-4-2/h10-11,14H,3-9H2,1-2H3,(H,13,15). The maximum absolute atomic E-state index is 11.2. The van der Waals surface area contributed by atoms with Crippen LogP contribution in [0.25, 0.3) is 0 Å². The Morgan fingerprint density at radius 1 is 1.40 bits per heavy atom. The van der Waals surface area contributed by atoms with Crippen molar-refractivity contribution < 1.29 is 4.79 Å². The lowest BCUT2D eigenvalue weighted by molar-refractivity contribution is -0.120. The van der Waals surface area contributed by atoms with E-state index in [1.54, 1.807) is 0 Å². The first-order chi connectivity index (χ1) is 7.26. The van der Waals surface area contributed by atoms with Gasteiger partial charge in [-0.25, -0.2) is 0 Å². The third kappa shape index (κ3) is 5.78. The van der Waals surface area contributed by atoms with E-state index in [1.807, 2.05) is 6.92 Å². The van der Waals surface area contributed by atoms with E-state index in [1.165, 1.54) is 25.7 Å². The molecule has 0 aromatic carbocycles. The molecule has 1 saturated carbocycles. The SMILES string of the molecule is CCNC(=O)CCNC(CC)CC1CC1. The average Bonchev–Trinajstić information content (AvgIpc) is 3.00. The summed E-state index contributed by atoms with van der Waals surface area (Å²) >= 11 is 0. The number of hydrogen-bond acceptors (Lipinski definition) is 2. The van der Waals surface area contributed by atoms with Gasteiger partial charge in [0.15, 0.2) is 0 Å². The van der Waals surface area contributed by atoms with Crippen molar-refractivity contribution in [1.29, 1.82) is 0 Å². The van der Waals surface area contributed by atoms with Gasteiger partial charge >= 0.3 is 0 Å². The molecule has 3 nitrogen and oxygen atoms in total. The van der Waals surface area contributed by atoms with Crippen molar-refractivity contribution in [1.82, 2.24) is 10.6 Å². The molecule has 88 valence electrons. The highest BCUT2D eigenvalue weighted by Crippen LogP contribution is 2.33. The minimum absolute atomic E-state index is 0.159. The fraction of sp³-hybridized carbons (Fsp3) is 0.917. The Morgan fingerprint density at radius 2 is 2.13 bits per heavy atom. The Balaban J connectivity index is 2.02. The first-order valence-corrected chi connectivity index (χ1v) is 6.26. The summed E-state index contributed by atoms with van der Waals surface area (Å²) in [5.74, 6) is 1.12. The van der Waals surface area contributed by atoms with Gasteiger partial charge in [0.1, 0.15) is 0 Å². The average molecular weight is 212 g/mol. The van der Waals surface area contributed by atoms with Crippen LogP contribution in [-0.2, 0) is 4.79 Å². The molecule has 1 fully saturated rings. The van der Waals surface area contributed by atoms with Crippen molar-refractivity contribution in [2.24, 2.45) is 5.92 Å². The molecule has 1 atom stereocenters. The molecule has 1 amide bonds. The van der Waals surface area contributed by atoms with Crippen LogP contribution in [0, 0.1) is 5.92 Å². The lowest BCUT2D eigenvalue weighted by Gasteiger charge is -2.16. The number of amides is 1. The normalized spacial score (nSPS) is 17.5. The maximum Gasteiger partial charge on any atom is 0.221 e. The molecule has 0 spiro atoms. The summed E-state index contributed by atoms with van der Waals surface area (Å²) in [7, 11) is 0.